The second-order valence-corrected chi connectivity index (χ2v) is 5.09. The normalized spacial score (nSPS) is 24.0. The molecule has 90 valence electrons. The van der Waals surface area contributed by atoms with Crippen molar-refractivity contribution in [2.75, 3.05) is 33.4 Å². The predicted octanol–water partition coefficient (Wildman–Crippen LogP) is 1.33. The van der Waals surface area contributed by atoms with Crippen molar-refractivity contribution in [3.63, 3.8) is 0 Å². The van der Waals surface area contributed by atoms with Gasteiger partial charge in [-0.25, -0.2) is 0 Å². The molecule has 0 aromatic heterocycles. The topological polar surface area (TPSA) is 38.5 Å². The molecule has 1 saturated heterocycles. The van der Waals surface area contributed by atoms with Crippen molar-refractivity contribution in [2.45, 2.75) is 32.7 Å². The first kappa shape index (κ1) is 12.9. The summed E-state index contributed by atoms with van der Waals surface area (Å²) in [7, 11) is 2.19. The van der Waals surface area contributed by atoms with Gasteiger partial charge in [0.15, 0.2) is 0 Å². The number of likely N-dealkylation sites (N-methyl/N-ethyl adjacent to an activating group) is 1. The summed E-state index contributed by atoms with van der Waals surface area (Å²) in [6, 6.07) is 0.506. The molecule has 1 aliphatic heterocycles. The number of nitrogens with two attached hydrogens (primary N) is 1. The van der Waals surface area contributed by atoms with Crippen LogP contribution in [-0.4, -0.2) is 44.3 Å². The average molecular weight is 214 g/mol. The maximum Gasteiger partial charge on any atom is 0.0510 e. The van der Waals surface area contributed by atoms with E-state index >= 15 is 0 Å². The molecule has 1 rings (SSSR count). The van der Waals surface area contributed by atoms with E-state index in [0.717, 1.165) is 32.2 Å². The van der Waals surface area contributed by atoms with Crippen LogP contribution in [0.15, 0.2) is 0 Å². The van der Waals surface area contributed by atoms with Crippen LogP contribution in [0.3, 0.4) is 0 Å². The first-order valence-corrected chi connectivity index (χ1v) is 6.13. The van der Waals surface area contributed by atoms with Gasteiger partial charge in [0.2, 0.25) is 0 Å². The largest absolute Gasteiger partial charge is 0.381 e. The van der Waals surface area contributed by atoms with Gasteiger partial charge in [-0.1, -0.05) is 13.8 Å². The molecule has 0 radical (unpaired) electrons. The average Bonchev–Trinajstić information content (AvgIpc) is 2.69. The molecule has 0 bridgehead atoms. The molecule has 15 heavy (non-hydrogen) atoms. The van der Waals surface area contributed by atoms with Gasteiger partial charge in [-0.15, -0.1) is 0 Å². The zero-order chi connectivity index (χ0) is 11.3. The van der Waals surface area contributed by atoms with Gasteiger partial charge in [0.25, 0.3) is 0 Å². The molecular formula is C12H26N2O. The fourth-order valence-electron chi connectivity index (χ4n) is 2.22. The lowest BCUT2D eigenvalue weighted by Gasteiger charge is -2.31. The molecule has 0 aromatic rings. The summed E-state index contributed by atoms with van der Waals surface area (Å²) in [6.45, 7) is 8.25. The molecule has 1 fully saturated rings. The van der Waals surface area contributed by atoms with E-state index in [1.54, 1.807) is 0 Å². The van der Waals surface area contributed by atoms with E-state index in [1.165, 1.54) is 12.8 Å². The smallest absolute Gasteiger partial charge is 0.0510 e. The minimum absolute atomic E-state index is 0.506. The minimum atomic E-state index is 0.506. The molecule has 2 unspecified atom stereocenters. The van der Waals surface area contributed by atoms with Crippen LogP contribution in [0.5, 0.6) is 0 Å². The first-order chi connectivity index (χ1) is 7.15. The highest BCUT2D eigenvalue weighted by molar-refractivity contribution is 4.81. The Kier molecular flexibility index (Phi) is 5.58. The number of hydrogen-bond donors (Lipinski definition) is 1. The lowest BCUT2D eigenvalue weighted by molar-refractivity contribution is 0.137. The monoisotopic (exact) mass is 214 g/mol. The van der Waals surface area contributed by atoms with Crippen molar-refractivity contribution in [3.05, 3.63) is 0 Å². The Morgan fingerprint density at radius 2 is 2.20 bits per heavy atom. The van der Waals surface area contributed by atoms with Gasteiger partial charge in [-0.05, 0) is 32.4 Å². The highest BCUT2D eigenvalue weighted by atomic mass is 16.5. The van der Waals surface area contributed by atoms with Crippen LogP contribution in [-0.2, 0) is 4.74 Å². The summed E-state index contributed by atoms with van der Waals surface area (Å²) < 4.78 is 5.43. The van der Waals surface area contributed by atoms with E-state index < -0.39 is 0 Å². The summed E-state index contributed by atoms with van der Waals surface area (Å²) in [5, 5.41) is 0. The summed E-state index contributed by atoms with van der Waals surface area (Å²) in [4.78, 5) is 2.42. The van der Waals surface area contributed by atoms with Crippen LogP contribution in [0.1, 0.15) is 26.7 Å². The fourth-order valence-corrected chi connectivity index (χ4v) is 2.22. The zero-order valence-electron chi connectivity index (χ0n) is 10.4. The molecule has 0 saturated carbocycles. The van der Waals surface area contributed by atoms with Crippen molar-refractivity contribution in [1.29, 1.82) is 0 Å². The minimum Gasteiger partial charge on any atom is -0.381 e. The highest BCUT2D eigenvalue weighted by Gasteiger charge is 2.27. The Hall–Kier alpha value is -0.120. The Labute approximate surface area is 94.0 Å². The maximum atomic E-state index is 5.86. The number of rotatable bonds is 6. The molecular weight excluding hydrogens is 188 g/mol. The SMILES string of the molecule is CC(C)CCN(C)C(CN)C1CCOC1. The summed E-state index contributed by atoms with van der Waals surface area (Å²) in [6.07, 6.45) is 2.43. The zero-order valence-corrected chi connectivity index (χ0v) is 10.4. The van der Waals surface area contributed by atoms with Crippen molar-refractivity contribution in [1.82, 2.24) is 4.90 Å². The van der Waals surface area contributed by atoms with Crippen LogP contribution >= 0.6 is 0 Å². The molecule has 2 atom stereocenters. The second-order valence-electron chi connectivity index (χ2n) is 5.09. The second kappa shape index (κ2) is 6.46. The van der Waals surface area contributed by atoms with E-state index in [0.29, 0.717) is 12.0 Å². The summed E-state index contributed by atoms with van der Waals surface area (Å²) >= 11 is 0. The third kappa shape index (κ3) is 4.09. The van der Waals surface area contributed by atoms with E-state index in [2.05, 4.69) is 25.8 Å². The first-order valence-electron chi connectivity index (χ1n) is 6.13. The Morgan fingerprint density at radius 1 is 1.47 bits per heavy atom. The van der Waals surface area contributed by atoms with Crippen LogP contribution in [0.25, 0.3) is 0 Å². The molecule has 1 heterocycles. The van der Waals surface area contributed by atoms with E-state index in [-0.39, 0.29) is 0 Å². The van der Waals surface area contributed by atoms with Gasteiger partial charge < -0.3 is 15.4 Å². The summed E-state index contributed by atoms with van der Waals surface area (Å²) in [5.41, 5.74) is 5.86. The molecule has 3 heteroatoms. The van der Waals surface area contributed by atoms with Gasteiger partial charge in [0, 0.05) is 25.1 Å². The van der Waals surface area contributed by atoms with E-state index in [1.807, 2.05) is 0 Å². The fraction of sp³-hybridized carbons (Fsp3) is 1.00. The van der Waals surface area contributed by atoms with E-state index in [9.17, 15) is 0 Å². The Bertz CT molecular complexity index is 167. The standard InChI is InChI=1S/C12H26N2O/c1-10(2)4-6-14(3)12(8-13)11-5-7-15-9-11/h10-12H,4-9,13H2,1-3H3. The predicted molar refractivity (Wildman–Crippen MR) is 63.9 cm³/mol. The Morgan fingerprint density at radius 3 is 2.67 bits per heavy atom. The van der Waals surface area contributed by atoms with Gasteiger partial charge in [-0.3, -0.25) is 0 Å². The van der Waals surface area contributed by atoms with Crippen LogP contribution in [0.2, 0.25) is 0 Å². The van der Waals surface area contributed by atoms with Crippen LogP contribution < -0.4 is 5.73 Å². The van der Waals surface area contributed by atoms with Crippen molar-refractivity contribution in [3.8, 4) is 0 Å². The van der Waals surface area contributed by atoms with Gasteiger partial charge in [0.1, 0.15) is 0 Å². The molecule has 3 nitrogen and oxygen atoms in total. The van der Waals surface area contributed by atoms with E-state index in [4.69, 9.17) is 10.5 Å². The molecule has 0 aromatic carbocycles. The summed E-state index contributed by atoms with van der Waals surface area (Å²) in [5.74, 6) is 1.41. The van der Waals surface area contributed by atoms with Crippen molar-refractivity contribution >= 4 is 0 Å². The molecule has 0 aliphatic carbocycles. The highest BCUT2D eigenvalue weighted by Crippen LogP contribution is 2.20. The molecule has 2 N–H and O–H groups in total. The third-order valence-electron chi connectivity index (χ3n) is 3.38. The number of hydrogen-bond acceptors (Lipinski definition) is 3. The lowest BCUT2D eigenvalue weighted by Crippen LogP contribution is -2.44. The number of ether oxygens (including phenoxy) is 1. The van der Waals surface area contributed by atoms with Gasteiger partial charge >= 0.3 is 0 Å². The quantitative estimate of drug-likeness (QED) is 0.725. The molecule has 0 spiro atoms. The Balaban J connectivity index is 2.35. The van der Waals surface area contributed by atoms with Crippen molar-refractivity contribution in [2.24, 2.45) is 17.6 Å². The third-order valence-corrected chi connectivity index (χ3v) is 3.38. The number of nitrogens with zero attached hydrogens (tertiary/aromatic N) is 1. The van der Waals surface area contributed by atoms with Gasteiger partial charge in [0.05, 0.1) is 6.61 Å². The van der Waals surface area contributed by atoms with Crippen molar-refractivity contribution < 1.29 is 4.74 Å². The molecule has 0 amide bonds. The lowest BCUT2D eigenvalue weighted by atomic mass is 9.97. The van der Waals surface area contributed by atoms with Crippen LogP contribution in [0.4, 0.5) is 0 Å². The van der Waals surface area contributed by atoms with Crippen LogP contribution in [0, 0.1) is 11.8 Å². The van der Waals surface area contributed by atoms with Gasteiger partial charge in [-0.2, -0.15) is 0 Å². The maximum absolute atomic E-state index is 5.86. The molecule has 1 aliphatic rings.